The standard InChI is InChI=1S/C11H25N3O/c1-11(15)10-14-7-3-6-13(8-9-14)5-2-4-12/h11,15H,2-10,12H2,1H3. The van der Waals surface area contributed by atoms with Gasteiger partial charge in [-0.15, -0.1) is 0 Å². The molecule has 0 aliphatic carbocycles. The van der Waals surface area contributed by atoms with Crippen molar-refractivity contribution in [3.05, 3.63) is 0 Å². The first-order valence-electron chi connectivity index (χ1n) is 6.05. The summed E-state index contributed by atoms with van der Waals surface area (Å²) < 4.78 is 0. The van der Waals surface area contributed by atoms with Gasteiger partial charge in [0.1, 0.15) is 0 Å². The summed E-state index contributed by atoms with van der Waals surface area (Å²) in [6.07, 6.45) is 2.09. The van der Waals surface area contributed by atoms with Crippen molar-refractivity contribution in [1.29, 1.82) is 0 Å². The Morgan fingerprint density at radius 1 is 1.20 bits per heavy atom. The molecule has 1 unspecified atom stereocenters. The SMILES string of the molecule is CC(O)CN1CCCN(CCCN)CC1. The first-order valence-corrected chi connectivity index (χ1v) is 6.05. The Morgan fingerprint density at radius 3 is 2.53 bits per heavy atom. The van der Waals surface area contributed by atoms with Gasteiger partial charge < -0.3 is 15.7 Å². The minimum absolute atomic E-state index is 0.208. The summed E-state index contributed by atoms with van der Waals surface area (Å²) in [5, 5.41) is 9.33. The molecule has 1 fully saturated rings. The van der Waals surface area contributed by atoms with Crippen LogP contribution in [0, 0.1) is 0 Å². The monoisotopic (exact) mass is 215 g/mol. The van der Waals surface area contributed by atoms with E-state index in [1.54, 1.807) is 0 Å². The highest BCUT2D eigenvalue weighted by Gasteiger charge is 2.15. The van der Waals surface area contributed by atoms with Gasteiger partial charge in [0.2, 0.25) is 0 Å². The second-order valence-electron chi connectivity index (χ2n) is 4.49. The third kappa shape index (κ3) is 5.47. The lowest BCUT2D eigenvalue weighted by atomic mass is 10.3. The smallest absolute Gasteiger partial charge is 0.0639 e. The second-order valence-corrected chi connectivity index (χ2v) is 4.49. The predicted octanol–water partition coefficient (Wildman–Crippen LogP) is -0.276. The van der Waals surface area contributed by atoms with Gasteiger partial charge in [-0.05, 0) is 45.9 Å². The summed E-state index contributed by atoms with van der Waals surface area (Å²) in [5.74, 6) is 0. The lowest BCUT2D eigenvalue weighted by Crippen LogP contribution is -2.35. The van der Waals surface area contributed by atoms with Crippen LogP contribution in [0.25, 0.3) is 0 Å². The minimum atomic E-state index is -0.208. The van der Waals surface area contributed by atoms with E-state index >= 15 is 0 Å². The lowest BCUT2D eigenvalue weighted by Gasteiger charge is -2.22. The molecule has 15 heavy (non-hydrogen) atoms. The molecule has 0 aromatic carbocycles. The number of β-amino-alcohol motifs (C(OH)–C–C–N with tert-alkyl or cyclic N) is 1. The molecular formula is C11H25N3O. The van der Waals surface area contributed by atoms with Crippen molar-refractivity contribution in [3.8, 4) is 0 Å². The van der Waals surface area contributed by atoms with Crippen molar-refractivity contribution in [3.63, 3.8) is 0 Å². The number of aliphatic hydroxyl groups is 1. The molecule has 1 heterocycles. The van der Waals surface area contributed by atoms with Crippen molar-refractivity contribution >= 4 is 0 Å². The number of aliphatic hydroxyl groups excluding tert-OH is 1. The van der Waals surface area contributed by atoms with E-state index in [4.69, 9.17) is 5.73 Å². The van der Waals surface area contributed by atoms with Crippen molar-refractivity contribution in [2.45, 2.75) is 25.9 Å². The third-order valence-electron chi connectivity index (χ3n) is 2.88. The molecule has 1 atom stereocenters. The fourth-order valence-corrected chi connectivity index (χ4v) is 2.12. The Bertz CT molecular complexity index is 164. The highest BCUT2D eigenvalue weighted by Crippen LogP contribution is 2.04. The van der Waals surface area contributed by atoms with Gasteiger partial charge in [0.25, 0.3) is 0 Å². The Balaban J connectivity index is 2.22. The van der Waals surface area contributed by atoms with Crippen LogP contribution >= 0.6 is 0 Å². The topological polar surface area (TPSA) is 52.7 Å². The number of hydrogen-bond donors (Lipinski definition) is 2. The Labute approximate surface area is 93.0 Å². The molecule has 0 amide bonds. The number of nitrogens with zero attached hydrogens (tertiary/aromatic N) is 2. The summed E-state index contributed by atoms with van der Waals surface area (Å²) in [7, 11) is 0. The van der Waals surface area contributed by atoms with E-state index in [0.29, 0.717) is 0 Å². The maximum Gasteiger partial charge on any atom is 0.0639 e. The molecule has 4 nitrogen and oxygen atoms in total. The Hall–Kier alpha value is -0.160. The zero-order chi connectivity index (χ0) is 11.1. The average Bonchev–Trinajstić information content (AvgIpc) is 2.40. The number of hydrogen-bond acceptors (Lipinski definition) is 4. The van der Waals surface area contributed by atoms with Gasteiger partial charge in [0.05, 0.1) is 6.10 Å². The van der Waals surface area contributed by atoms with Crippen molar-refractivity contribution in [2.24, 2.45) is 5.73 Å². The highest BCUT2D eigenvalue weighted by molar-refractivity contribution is 4.71. The van der Waals surface area contributed by atoms with E-state index < -0.39 is 0 Å². The molecule has 3 N–H and O–H groups in total. The summed E-state index contributed by atoms with van der Waals surface area (Å²) in [6.45, 7) is 9.07. The highest BCUT2D eigenvalue weighted by atomic mass is 16.3. The molecule has 0 aromatic heterocycles. The Morgan fingerprint density at radius 2 is 1.87 bits per heavy atom. The van der Waals surface area contributed by atoms with Crippen molar-refractivity contribution in [1.82, 2.24) is 9.80 Å². The fraction of sp³-hybridized carbons (Fsp3) is 1.00. The zero-order valence-electron chi connectivity index (χ0n) is 9.86. The van der Waals surface area contributed by atoms with E-state index in [0.717, 1.165) is 45.7 Å². The van der Waals surface area contributed by atoms with Crippen molar-refractivity contribution < 1.29 is 5.11 Å². The van der Waals surface area contributed by atoms with Gasteiger partial charge in [-0.25, -0.2) is 0 Å². The molecule has 4 heteroatoms. The van der Waals surface area contributed by atoms with Gasteiger partial charge in [-0.2, -0.15) is 0 Å². The largest absolute Gasteiger partial charge is 0.392 e. The van der Waals surface area contributed by atoms with Crippen molar-refractivity contribution in [2.75, 3.05) is 45.8 Å². The molecule has 1 aliphatic rings. The van der Waals surface area contributed by atoms with Crippen LogP contribution in [-0.4, -0.2) is 66.8 Å². The van der Waals surface area contributed by atoms with Crippen LogP contribution in [0.1, 0.15) is 19.8 Å². The molecule has 1 aliphatic heterocycles. The average molecular weight is 215 g/mol. The molecule has 90 valence electrons. The Kier molecular flexibility index (Phi) is 6.17. The summed E-state index contributed by atoms with van der Waals surface area (Å²) in [5.41, 5.74) is 5.51. The van der Waals surface area contributed by atoms with Gasteiger partial charge in [0, 0.05) is 19.6 Å². The molecule has 1 rings (SSSR count). The van der Waals surface area contributed by atoms with E-state index in [9.17, 15) is 5.11 Å². The van der Waals surface area contributed by atoms with Gasteiger partial charge in [-0.3, -0.25) is 4.90 Å². The fourth-order valence-electron chi connectivity index (χ4n) is 2.12. The van der Waals surface area contributed by atoms with Crippen LogP contribution in [-0.2, 0) is 0 Å². The van der Waals surface area contributed by atoms with Crippen LogP contribution in [0.2, 0.25) is 0 Å². The van der Waals surface area contributed by atoms with E-state index in [2.05, 4.69) is 9.80 Å². The van der Waals surface area contributed by atoms with Crippen LogP contribution in [0.15, 0.2) is 0 Å². The van der Waals surface area contributed by atoms with Crippen LogP contribution in [0.3, 0.4) is 0 Å². The van der Waals surface area contributed by atoms with Gasteiger partial charge in [0.15, 0.2) is 0 Å². The summed E-state index contributed by atoms with van der Waals surface area (Å²) in [6, 6.07) is 0. The van der Waals surface area contributed by atoms with Gasteiger partial charge >= 0.3 is 0 Å². The molecule has 0 radical (unpaired) electrons. The second kappa shape index (κ2) is 7.17. The molecule has 0 aromatic rings. The summed E-state index contributed by atoms with van der Waals surface area (Å²) >= 11 is 0. The quantitative estimate of drug-likeness (QED) is 0.662. The lowest BCUT2D eigenvalue weighted by molar-refractivity contribution is 0.128. The van der Waals surface area contributed by atoms with E-state index in [1.165, 1.54) is 13.0 Å². The normalized spacial score (nSPS) is 22.6. The van der Waals surface area contributed by atoms with Gasteiger partial charge in [-0.1, -0.05) is 0 Å². The zero-order valence-corrected chi connectivity index (χ0v) is 9.86. The third-order valence-corrected chi connectivity index (χ3v) is 2.88. The van der Waals surface area contributed by atoms with E-state index in [1.807, 2.05) is 6.92 Å². The maximum atomic E-state index is 9.33. The number of nitrogens with two attached hydrogens (primary N) is 1. The molecule has 0 spiro atoms. The van der Waals surface area contributed by atoms with Crippen LogP contribution in [0.4, 0.5) is 0 Å². The minimum Gasteiger partial charge on any atom is -0.392 e. The van der Waals surface area contributed by atoms with E-state index in [-0.39, 0.29) is 6.10 Å². The van der Waals surface area contributed by atoms with Crippen LogP contribution < -0.4 is 5.73 Å². The number of rotatable bonds is 5. The predicted molar refractivity (Wildman–Crippen MR) is 62.8 cm³/mol. The maximum absolute atomic E-state index is 9.33. The summed E-state index contributed by atoms with van der Waals surface area (Å²) in [4.78, 5) is 4.84. The molecule has 1 saturated heterocycles. The first kappa shape index (κ1) is 12.9. The first-order chi connectivity index (χ1) is 7.22. The molecular weight excluding hydrogens is 190 g/mol. The molecule has 0 saturated carbocycles. The van der Waals surface area contributed by atoms with Crippen LogP contribution in [0.5, 0.6) is 0 Å². The molecule has 0 bridgehead atoms.